The van der Waals surface area contributed by atoms with E-state index >= 15 is 0 Å². The molecule has 1 unspecified atom stereocenters. The van der Waals surface area contributed by atoms with Crippen LogP contribution in [0.1, 0.15) is 35.4 Å². The Morgan fingerprint density at radius 1 is 1.28 bits per heavy atom. The van der Waals surface area contributed by atoms with Crippen LogP contribution in [0.5, 0.6) is 5.75 Å². The average molecular weight is 416 g/mol. The van der Waals surface area contributed by atoms with Crippen molar-refractivity contribution in [2.45, 2.75) is 26.3 Å². The number of methoxy groups -OCH3 is 1. The monoisotopic (exact) mass is 415 g/mol. The van der Waals surface area contributed by atoms with Gasteiger partial charge in [-0.05, 0) is 49.4 Å². The molecule has 7 heteroatoms. The van der Waals surface area contributed by atoms with Gasteiger partial charge in [0.15, 0.2) is 0 Å². The fourth-order valence-corrected chi connectivity index (χ4v) is 4.53. The normalized spacial score (nSPS) is 18.4. The molecule has 1 atom stereocenters. The number of aryl methyl sites for hydroxylation is 1. The molecule has 1 saturated heterocycles. The number of carbonyl (C=O) groups excluding carboxylic acids is 2. The Morgan fingerprint density at radius 2 is 2.07 bits per heavy atom. The lowest BCUT2D eigenvalue weighted by Gasteiger charge is -2.24. The van der Waals surface area contributed by atoms with Crippen molar-refractivity contribution in [3.8, 4) is 5.75 Å². The smallest absolute Gasteiger partial charge is 0.295 e. The Kier molecular flexibility index (Phi) is 6.71. The van der Waals surface area contributed by atoms with Crippen molar-refractivity contribution < 1.29 is 24.2 Å². The number of hydrogen-bond acceptors (Lipinski definition) is 6. The Labute approximate surface area is 174 Å². The van der Waals surface area contributed by atoms with Gasteiger partial charge in [-0.25, -0.2) is 0 Å². The van der Waals surface area contributed by atoms with Crippen LogP contribution in [-0.4, -0.2) is 48.6 Å². The lowest BCUT2D eigenvalue weighted by atomic mass is 9.98. The number of aliphatic hydroxyl groups is 1. The van der Waals surface area contributed by atoms with Crippen LogP contribution < -0.4 is 4.74 Å². The van der Waals surface area contributed by atoms with Crippen LogP contribution >= 0.6 is 11.3 Å². The van der Waals surface area contributed by atoms with E-state index in [1.54, 1.807) is 31.4 Å². The van der Waals surface area contributed by atoms with Crippen LogP contribution in [0.15, 0.2) is 41.3 Å². The number of likely N-dealkylation sites (tertiary alicyclic amines) is 1. The lowest BCUT2D eigenvalue weighted by molar-refractivity contribution is -0.140. The van der Waals surface area contributed by atoms with Gasteiger partial charge in [-0.1, -0.05) is 12.1 Å². The zero-order chi connectivity index (χ0) is 21.0. The maximum Gasteiger partial charge on any atom is 0.295 e. The number of nitrogens with zero attached hydrogens (tertiary/aromatic N) is 1. The summed E-state index contributed by atoms with van der Waals surface area (Å²) in [6, 6.07) is 8.25. The Morgan fingerprint density at radius 3 is 2.72 bits per heavy atom. The number of thiophene rings is 1. The highest BCUT2D eigenvalue weighted by Gasteiger charge is 2.46. The van der Waals surface area contributed by atoms with Gasteiger partial charge in [0.1, 0.15) is 11.5 Å². The second-order valence-electron chi connectivity index (χ2n) is 6.77. The van der Waals surface area contributed by atoms with Gasteiger partial charge >= 0.3 is 0 Å². The molecule has 0 aliphatic carbocycles. The number of hydrogen-bond donors (Lipinski definition) is 1. The van der Waals surface area contributed by atoms with Gasteiger partial charge in [0.05, 0.1) is 18.2 Å². The molecule has 1 fully saturated rings. The largest absolute Gasteiger partial charge is 0.507 e. The van der Waals surface area contributed by atoms with Crippen molar-refractivity contribution in [1.82, 2.24) is 4.90 Å². The van der Waals surface area contributed by atoms with Crippen LogP contribution in [0.25, 0.3) is 5.76 Å². The van der Waals surface area contributed by atoms with Crippen LogP contribution in [0.4, 0.5) is 0 Å². The van der Waals surface area contributed by atoms with Crippen molar-refractivity contribution in [3.05, 3.63) is 57.3 Å². The molecule has 1 amide bonds. The zero-order valence-corrected chi connectivity index (χ0v) is 17.6. The van der Waals surface area contributed by atoms with Gasteiger partial charge in [-0.3, -0.25) is 9.59 Å². The molecule has 0 bridgehead atoms. The maximum absolute atomic E-state index is 12.9. The third-order valence-corrected chi connectivity index (χ3v) is 5.93. The molecule has 2 heterocycles. The number of aliphatic hydroxyl groups excluding tert-OH is 1. The average Bonchev–Trinajstić information content (AvgIpc) is 3.24. The number of amides is 1. The van der Waals surface area contributed by atoms with Gasteiger partial charge in [0.25, 0.3) is 11.7 Å². The third-order valence-electron chi connectivity index (χ3n) is 4.86. The lowest BCUT2D eigenvalue weighted by Crippen LogP contribution is -2.31. The minimum atomic E-state index is -0.667. The van der Waals surface area contributed by atoms with E-state index in [1.165, 1.54) is 16.2 Å². The first-order chi connectivity index (χ1) is 14.0. The molecule has 154 valence electrons. The van der Waals surface area contributed by atoms with E-state index in [9.17, 15) is 14.7 Å². The van der Waals surface area contributed by atoms with E-state index in [4.69, 9.17) is 9.47 Å². The van der Waals surface area contributed by atoms with Crippen molar-refractivity contribution in [2.24, 2.45) is 0 Å². The molecular weight excluding hydrogens is 390 g/mol. The van der Waals surface area contributed by atoms with Gasteiger partial charge in [-0.2, -0.15) is 0 Å². The summed E-state index contributed by atoms with van der Waals surface area (Å²) in [5.41, 5.74) is 1.55. The highest BCUT2D eigenvalue weighted by molar-refractivity contribution is 7.10. The van der Waals surface area contributed by atoms with Crippen molar-refractivity contribution >= 4 is 28.8 Å². The first-order valence-electron chi connectivity index (χ1n) is 9.54. The molecule has 29 heavy (non-hydrogen) atoms. The fourth-order valence-electron chi connectivity index (χ4n) is 3.48. The zero-order valence-electron chi connectivity index (χ0n) is 16.8. The molecule has 0 spiro atoms. The minimum Gasteiger partial charge on any atom is -0.507 e. The summed E-state index contributed by atoms with van der Waals surface area (Å²) in [6.45, 7) is 5.16. The number of Topliss-reactive ketones (excluding diaryl/α,β-unsaturated/α-hetero) is 1. The Bertz CT molecular complexity index is 933. The van der Waals surface area contributed by atoms with Crippen LogP contribution in [0, 0.1) is 6.92 Å². The molecule has 6 nitrogen and oxygen atoms in total. The summed E-state index contributed by atoms with van der Waals surface area (Å²) < 4.78 is 10.6. The Balaban J connectivity index is 2.10. The van der Waals surface area contributed by atoms with E-state index in [-0.39, 0.29) is 11.3 Å². The number of ether oxygens (including phenoxy) is 2. The molecule has 1 N–H and O–H groups in total. The first-order valence-corrected chi connectivity index (χ1v) is 10.4. The molecule has 3 rings (SSSR count). The van der Waals surface area contributed by atoms with Crippen LogP contribution in [0.2, 0.25) is 0 Å². The maximum atomic E-state index is 12.9. The van der Waals surface area contributed by atoms with Gasteiger partial charge in [-0.15, -0.1) is 11.3 Å². The van der Waals surface area contributed by atoms with Crippen LogP contribution in [0.3, 0.4) is 0 Å². The molecule has 0 saturated carbocycles. The SMILES string of the molecule is CCOc1cccc(/C(O)=C2/C(=O)C(=O)N(CCCOC)C2c2sccc2C)c1. The summed E-state index contributed by atoms with van der Waals surface area (Å²) in [5.74, 6) is -0.854. The molecule has 1 aromatic heterocycles. The molecule has 2 aromatic rings. The highest BCUT2D eigenvalue weighted by atomic mass is 32.1. The standard InChI is InChI=1S/C22H25NO5S/c1-4-28-16-8-5-7-15(13-16)19(24)17-18(21-14(2)9-12-29-21)23(10-6-11-27-3)22(26)20(17)25/h5,7-9,12-13,18,24H,4,6,10-11H2,1-3H3/b19-17-. The summed E-state index contributed by atoms with van der Waals surface area (Å²) in [7, 11) is 1.60. The molecule has 1 aliphatic rings. The van der Waals surface area contributed by atoms with Crippen LogP contribution in [-0.2, 0) is 14.3 Å². The van der Waals surface area contributed by atoms with E-state index in [0.29, 0.717) is 37.5 Å². The first kappa shape index (κ1) is 21.1. The second kappa shape index (κ2) is 9.24. The topological polar surface area (TPSA) is 76.1 Å². The van der Waals surface area contributed by atoms with Gasteiger partial charge in [0.2, 0.25) is 0 Å². The number of rotatable bonds is 8. The third kappa shape index (κ3) is 4.21. The van der Waals surface area contributed by atoms with E-state index in [2.05, 4.69) is 0 Å². The highest BCUT2D eigenvalue weighted by Crippen LogP contribution is 2.42. The van der Waals surface area contributed by atoms with Gasteiger partial charge in [0, 0.05) is 30.7 Å². The fraction of sp³-hybridized carbons (Fsp3) is 0.364. The number of carbonyl (C=O) groups is 2. The predicted octanol–water partition coefficient (Wildman–Crippen LogP) is 3.91. The molecule has 0 radical (unpaired) electrons. The quantitative estimate of drug-likeness (QED) is 0.306. The van der Waals surface area contributed by atoms with Crippen molar-refractivity contribution in [3.63, 3.8) is 0 Å². The number of ketones is 1. The minimum absolute atomic E-state index is 0.117. The van der Waals surface area contributed by atoms with E-state index in [1.807, 2.05) is 25.3 Å². The van der Waals surface area contributed by atoms with E-state index in [0.717, 1.165) is 10.4 Å². The summed E-state index contributed by atoms with van der Waals surface area (Å²) in [6.07, 6.45) is 0.601. The summed E-state index contributed by atoms with van der Waals surface area (Å²) >= 11 is 1.47. The molecular formula is C22H25NO5S. The molecule has 1 aromatic carbocycles. The predicted molar refractivity (Wildman–Crippen MR) is 112 cm³/mol. The van der Waals surface area contributed by atoms with Crippen molar-refractivity contribution in [2.75, 3.05) is 26.9 Å². The van der Waals surface area contributed by atoms with Gasteiger partial charge < -0.3 is 19.5 Å². The summed E-state index contributed by atoms with van der Waals surface area (Å²) in [4.78, 5) is 28.1. The number of benzene rings is 1. The summed E-state index contributed by atoms with van der Waals surface area (Å²) in [5, 5.41) is 13.0. The second-order valence-corrected chi connectivity index (χ2v) is 7.72. The Hall–Kier alpha value is -2.64. The van der Waals surface area contributed by atoms with E-state index < -0.39 is 17.7 Å². The molecule has 1 aliphatic heterocycles. The van der Waals surface area contributed by atoms with Crippen molar-refractivity contribution in [1.29, 1.82) is 0 Å².